The Morgan fingerprint density at radius 1 is 1.12 bits per heavy atom. The molecule has 1 heterocycles. The van der Waals surface area contributed by atoms with E-state index in [4.69, 9.17) is 5.11 Å². The van der Waals surface area contributed by atoms with Crippen LogP contribution in [0, 0.1) is 11.3 Å². The molecule has 1 saturated heterocycles. The number of nitrogens with zero attached hydrogens (tertiary/aromatic N) is 3. The van der Waals surface area contributed by atoms with Crippen molar-refractivity contribution in [2.75, 3.05) is 31.5 Å². The molecule has 0 radical (unpaired) electrons. The molecule has 1 aromatic carbocycles. The summed E-state index contributed by atoms with van der Waals surface area (Å²) in [5.74, 6) is -1.46. The van der Waals surface area contributed by atoms with E-state index in [0.29, 0.717) is 31.9 Å². The Morgan fingerprint density at radius 2 is 1.68 bits per heavy atom. The number of hydrogen-bond donors (Lipinski definition) is 2. The predicted octanol–water partition coefficient (Wildman–Crippen LogP) is 0.895. The molecule has 8 nitrogen and oxygen atoms in total. The first-order valence-corrected chi connectivity index (χ1v) is 7.67. The summed E-state index contributed by atoms with van der Waals surface area (Å²) in [6.07, 6.45) is 1.30. The number of carbonyl (C=O) groups is 3. The van der Waals surface area contributed by atoms with Gasteiger partial charge in [0, 0.05) is 45.0 Å². The average Bonchev–Trinajstić information content (AvgIpc) is 2.62. The van der Waals surface area contributed by atoms with Crippen LogP contribution in [0.3, 0.4) is 0 Å². The third kappa shape index (κ3) is 4.57. The van der Waals surface area contributed by atoms with Crippen molar-refractivity contribution in [2.24, 2.45) is 0 Å². The molecule has 0 aromatic heterocycles. The second-order valence-electron chi connectivity index (χ2n) is 5.49. The molecule has 2 amide bonds. The summed E-state index contributed by atoms with van der Waals surface area (Å²) in [6.45, 7) is 3.14. The van der Waals surface area contributed by atoms with Gasteiger partial charge < -0.3 is 20.2 Å². The summed E-state index contributed by atoms with van der Waals surface area (Å²) in [7, 11) is 0. The minimum atomic E-state index is -1.03. The minimum Gasteiger partial charge on any atom is -0.478 e. The second-order valence-corrected chi connectivity index (χ2v) is 5.49. The Bertz CT molecular complexity index is 741. The van der Waals surface area contributed by atoms with Crippen LogP contribution in [-0.2, 0) is 9.59 Å². The molecular weight excluding hydrogens is 324 g/mol. The first-order chi connectivity index (χ1) is 11.9. The fourth-order valence-corrected chi connectivity index (χ4v) is 2.40. The van der Waals surface area contributed by atoms with Crippen molar-refractivity contribution in [1.29, 1.82) is 5.26 Å². The molecule has 2 N–H and O–H groups in total. The van der Waals surface area contributed by atoms with Gasteiger partial charge >= 0.3 is 5.97 Å². The number of piperazine rings is 1. The predicted molar refractivity (Wildman–Crippen MR) is 89.6 cm³/mol. The van der Waals surface area contributed by atoms with E-state index < -0.39 is 11.9 Å². The fraction of sp³-hybridized carbons (Fsp3) is 0.294. The van der Waals surface area contributed by atoms with E-state index in [1.165, 1.54) is 30.2 Å². The molecule has 1 aliphatic heterocycles. The Morgan fingerprint density at radius 3 is 2.16 bits per heavy atom. The zero-order valence-electron chi connectivity index (χ0n) is 13.7. The van der Waals surface area contributed by atoms with Gasteiger partial charge in [0.25, 0.3) is 5.91 Å². The van der Waals surface area contributed by atoms with Crippen molar-refractivity contribution in [1.82, 2.24) is 9.80 Å². The first kappa shape index (κ1) is 18.0. The van der Waals surface area contributed by atoms with E-state index in [-0.39, 0.29) is 17.0 Å². The highest BCUT2D eigenvalue weighted by Crippen LogP contribution is 2.12. The Labute approximate surface area is 144 Å². The molecule has 0 bridgehead atoms. The maximum atomic E-state index is 12.4. The van der Waals surface area contributed by atoms with Gasteiger partial charge in [0.05, 0.1) is 5.56 Å². The number of hydrogen-bond acceptors (Lipinski definition) is 5. The van der Waals surface area contributed by atoms with E-state index in [9.17, 15) is 19.6 Å². The first-order valence-electron chi connectivity index (χ1n) is 7.67. The van der Waals surface area contributed by atoms with Crippen LogP contribution in [0.25, 0.3) is 0 Å². The number of nitrogens with one attached hydrogen (secondary N) is 1. The molecule has 25 heavy (non-hydrogen) atoms. The highest BCUT2D eigenvalue weighted by atomic mass is 16.4. The van der Waals surface area contributed by atoms with Crippen LogP contribution in [0.4, 0.5) is 5.69 Å². The van der Waals surface area contributed by atoms with Gasteiger partial charge in [-0.2, -0.15) is 5.26 Å². The van der Waals surface area contributed by atoms with Gasteiger partial charge in [0.1, 0.15) is 11.6 Å². The van der Waals surface area contributed by atoms with Gasteiger partial charge in [-0.15, -0.1) is 0 Å². The topological polar surface area (TPSA) is 114 Å². The molecule has 130 valence electrons. The number of aromatic carboxylic acids is 1. The Balaban J connectivity index is 2.00. The summed E-state index contributed by atoms with van der Waals surface area (Å²) in [6, 6.07) is 7.81. The molecule has 1 aromatic rings. The fourth-order valence-electron chi connectivity index (χ4n) is 2.40. The smallest absolute Gasteiger partial charge is 0.335 e. The number of carbonyl (C=O) groups excluding carboxylic acids is 2. The second kappa shape index (κ2) is 7.97. The van der Waals surface area contributed by atoms with Gasteiger partial charge in [0.15, 0.2) is 0 Å². The molecule has 0 atom stereocenters. The molecule has 0 saturated carbocycles. The Kier molecular flexibility index (Phi) is 5.74. The lowest BCUT2D eigenvalue weighted by Gasteiger charge is -2.34. The number of benzene rings is 1. The van der Waals surface area contributed by atoms with Crippen molar-refractivity contribution in [3.05, 3.63) is 41.6 Å². The van der Waals surface area contributed by atoms with Gasteiger partial charge in [-0.1, -0.05) is 0 Å². The lowest BCUT2D eigenvalue weighted by Crippen LogP contribution is -2.50. The minimum absolute atomic E-state index is 0.0328. The monoisotopic (exact) mass is 342 g/mol. The molecule has 0 aliphatic carbocycles. The van der Waals surface area contributed by atoms with Crippen LogP contribution in [0.1, 0.15) is 17.3 Å². The molecule has 2 rings (SSSR count). The lowest BCUT2D eigenvalue weighted by atomic mass is 10.2. The van der Waals surface area contributed by atoms with Gasteiger partial charge in [0.2, 0.25) is 5.91 Å². The van der Waals surface area contributed by atoms with Gasteiger partial charge in [-0.25, -0.2) is 4.79 Å². The molecule has 1 aliphatic rings. The lowest BCUT2D eigenvalue weighted by molar-refractivity contribution is -0.136. The van der Waals surface area contributed by atoms with E-state index in [1.807, 2.05) is 6.07 Å². The van der Waals surface area contributed by atoms with E-state index in [2.05, 4.69) is 5.32 Å². The Hall–Kier alpha value is -3.34. The third-order valence-corrected chi connectivity index (χ3v) is 3.88. The highest BCUT2D eigenvalue weighted by molar-refractivity contribution is 5.97. The van der Waals surface area contributed by atoms with Crippen LogP contribution in [0.2, 0.25) is 0 Å². The number of anilines is 1. The van der Waals surface area contributed by atoms with E-state index in [1.54, 1.807) is 17.0 Å². The number of rotatable bonds is 4. The van der Waals surface area contributed by atoms with Crippen LogP contribution < -0.4 is 5.32 Å². The number of carboxylic acids is 1. The molecule has 1 fully saturated rings. The highest BCUT2D eigenvalue weighted by Gasteiger charge is 2.24. The van der Waals surface area contributed by atoms with Crippen molar-refractivity contribution in [3.63, 3.8) is 0 Å². The summed E-state index contributed by atoms with van der Waals surface area (Å²) in [5.41, 5.74) is 0.653. The van der Waals surface area contributed by atoms with Crippen LogP contribution >= 0.6 is 0 Å². The van der Waals surface area contributed by atoms with Crippen molar-refractivity contribution in [3.8, 4) is 6.07 Å². The largest absolute Gasteiger partial charge is 0.478 e. The zero-order valence-corrected chi connectivity index (χ0v) is 13.7. The van der Waals surface area contributed by atoms with Crippen molar-refractivity contribution in [2.45, 2.75) is 6.92 Å². The zero-order chi connectivity index (χ0) is 18.4. The van der Waals surface area contributed by atoms with Crippen LogP contribution in [-0.4, -0.2) is 58.9 Å². The maximum Gasteiger partial charge on any atom is 0.335 e. The van der Waals surface area contributed by atoms with Gasteiger partial charge in [-0.3, -0.25) is 9.59 Å². The van der Waals surface area contributed by atoms with Crippen molar-refractivity contribution >= 4 is 23.5 Å². The number of carboxylic acid groups (broad SMARTS) is 1. The molecule has 0 spiro atoms. The summed E-state index contributed by atoms with van der Waals surface area (Å²) in [4.78, 5) is 37.7. The van der Waals surface area contributed by atoms with Crippen LogP contribution in [0.15, 0.2) is 36.0 Å². The third-order valence-electron chi connectivity index (χ3n) is 3.88. The summed E-state index contributed by atoms with van der Waals surface area (Å²) < 4.78 is 0. The SMILES string of the molecule is CC(=O)N1CCN(C(=O)/C(C#N)=C\Nc2ccc(C(=O)O)cc2)CC1. The summed E-state index contributed by atoms with van der Waals surface area (Å²) >= 11 is 0. The van der Waals surface area contributed by atoms with Crippen LogP contribution in [0.5, 0.6) is 0 Å². The van der Waals surface area contributed by atoms with E-state index in [0.717, 1.165) is 0 Å². The average molecular weight is 342 g/mol. The standard InChI is InChI=1S/C17H18N4O4/c1-12(22)20-6-8-21(9-7-20)16(23)14(10-18)11-19-15-4-2-13(3-5-15)17(24)25/h2-5,11,19H,6-9H2,1H3,(H,24,25)/b14-11-. The van der Waals surface area contributed by atoms with E-state index >= 15 is 0 Å². The maximum absolute atomic E-state index is 12.4. The quantitative estimate of drug-likeness (QED) is 0.621. The summed E-state index contributed by atoms with van der Waals surface area (Å²) in [5, 5.41) is 20.9. The van der Waals surface area contributed by atoms with Crippen molar-refractivity contribution < 1.29 is 19.5 Å². The number of nitriles is 1. The molecule has 8 heteroatoms. The molecular formula is C17H18N4O4. The number of amides is 2. The van der Waals surface area contributed by atoms with Gasteiger partial charge in [-0.05, 0) is 24.3 Å². The normalized spacial score (nSPS) is 14.6. The molecule has 0 unspecified atom stereocenters.